The van der Waals surface area contributed by atoms with E-state index in [1.807, 2.05) is 11.9 Å². The molecule has 1 aromatic heterocycles. The molecule has 1 atom stereocenters. The van der Waals surface area contributed by atoms with Crippen LogP contribution in [0.5, 0.6) is 0 Å². The highest BCUT2D eigenvalue weighted by molar-refractivity contribution is 5.74. The zero-order valence-corrected chi connectivity index (χ0v) is 10.2. The van der Waals surface area contributed by atoms with Gasteiger partial charge in [-0.25, -0.2) is 4.98 Å². The maximum Gasteiger partial charge on any atom is 0.327 e. The van der Waals surface area contributed by atoms with Gasteiger partial charge in [-0.3, -0.25) is 9.69 Å². The van der Waals surface area contributed by atoms with Crippen molar-refractivity contribution >= 4 is 5.97 Å². The van der Waals surface area contributed by atoms with E-state index in [2.05, 4.69) is 16.9 Å². The Hall–Kier alpha value is -1.40. The SMILES string of the molecule is CN1CCN(C(C(=O)O)c2cncn2C)CC1. The Morgan fingerprint density at radius 3 is 2.47 bits per heavy atom. The van der Waals surface area contributed by atoms with Gasteiger partial charge < -0.3 is 14.6 Å². The standard InChI is InChI=1S/C11H18N4O2/c1-13-3-5-15(6-4-13)10(11(16)17)9-7-12-8-14(9)2/h7-8,10H,3-6H2,1-2H3,(H,16,17). The smallest absolute Gasteiger partial charge is 0.327 e. The predicted octanol–water partition coefficient (Wildman–Crippen LogP) is -0.207. The molecular weight excluding hydrogens is 220 g/mol. The number of rotatable bonds is 3. The Bertz CT molecular complexity index is 396. The van der Waals surface area contributed by atoms with Crippen LogP contribution in [0.25, 0.3) is 0 Å². The van der Waals surface area contributed by atoms with Crippen LogP contribution in [-0.2, 0) is 11.8 Å². The highest BCUT2D eigenvalue weighted by Crippen LogP contribution is 2.21. The van der Waals surface area contributed by atoms with Crippen LogP contribution in [0.3, 0.4) is 0 Å². The van der Waals surface area contributed by atoms with E-state index in [0.29, 0.717) is 0 Å². The third-order valence-corrected chi connectivity index (χ3v) is 3.27. The molecule has 1 N–H and O–H groups in total. The van der Waals surface area contributed by atoms with E-state index in [4.69, 9.17) is 0 Å². The zero-order valence-electron chi connectivity index (χ0n) is 10.2. The van der Waals surface area contributed by atoms with E-state index in [0.717, 1.165) is 31.9 Å². The first kappa shape index (κ1) is 12.1. The predicted molar refractivity (Wildman–Crippen MR) is 62.7 cm³/mol. The molecule has 1 unspecified atom stereocenters. The van der Waals surface area contributed by atoms with Gasteiger partial charge in [0, 0.05) is 33.2 Å². The van der Waals surface area contributed by atoms with Crippen molar-refractivity contribution in [3.8, 4) is 0 Å². The van der Waals surface area contributed by atoms with Crippen molar-refractivity contribution in [2.24, 2.45) is 7.05 Å². The minimum Gasteiger partial charge on any atom is -0.480 e. The van der Waals surface area contributed by atoms with E-state index in [1.165, 1.54) is 0 Å². The number of aryl methyl sites for hydroxylation is 1. The van der Waals surface area contributed by atoms with Gasteiger partial charge in [-0.1, -0.05) is 0 Å². The Morgan fingerprint density at radius 1 is 1.35 bits per heavy atom. The normalized spacial score (nSPS) is 20.4. The van der Waals surface area contributed by atoms with Crippen LogP contribution < -0.4 is 0 Å². The molecule has 1 aliphatic rings. The molecule has 0 spiro atoms. The van der Waals surface area contributed by atoms with E-state index in [-0.39, 0.29) is 0 Å². The first-order valence-corrected chi connectivity index (χ1v) is 5.71. The van der Waals surface area contributed by atoms with Crippen molar-refractivity contribution in [3.05, 3.63) is 18.2 Å². The number of aromatic nitrogens is 2. The van der Waals surface area contributed by atoms with Gasteiger partial charge in [-0.15, -0.1) is 0 Å². The largest absolute Gasteiger partial charge is 0.480 e. The van der Waals surface area contributed by atoms with Crippen LogP contribution in [0.15, 0.2) is 12.5 Å². The lowest BCUT2D eigenvalue weighted by atomic mass is 10.1. The summed E-state index contributed by atoms with van der Waals surface area (Å²) in [6.07, 6.45) is 3.28. The minimum absolute atomic E-state index is 0.587. The quantitative estimate of drug-likeness (QED) is 0.789. The number of hydrogen-bond acceptors (Lipinski definition) is 4. The highest BCUT2D eigenvalue weighted by atomic mass is 16.4. The van der Waals surface area contributed by atoms with Gasteiger partial charge >= 0.3 is 5.97 Å². The summed E-state index contributed by atoms with van der Waals surface area (Å²) < 4.78 is 1.77. The van der Waals surface area contributed by atoms with Gasteiger partial charge in [0.05, 0.1) is 18.2 Å². The number of carboxylic acid groups (broad SMARTS) is 1. The summed E-state index contributed by atoms with van der Waals surface area (Å²) in [4.78, 5) is 19.6. The van der Waals surface area contributed by atoms with Gasteiger partial charge in [0.25, 0.3) is 0 Å². The summed E-state index contributed by atoms with van der Waals surface area (Å²) in [6, 6.07) is -0.587. The lowest BCUT2D eigenvalue weighted by molar-refractivity contribution is -0.144. The molecule has 2 heterocycles. The molecule has 0 bridgehead atoms. The lowest BCUT2D eigenvalue weighted by Gasteiger charge is -2.35. The summed E-state index contributed by atoms with van der Waals surface area (Å²) >= 11 is 0. The van der Waals surface area contributed by atoms with E-state index >= 15 is 0 Å². The molecule has 0 aliphatic carbocycles. The average molecular weight is 238 g/mol. The number of nitrogens with zero attached hydrogens (tertiary/aromatic N) is 4. The molecule has 2 rings (SSSR count). The molecule has 94 valence electrons. The van der Waals surface area contributed by atoms with Crippen molar-refractivity contribution in [2.75, 3.05) is 33.2 Å². The Kier molecular flexibility index (Phi) is 3.44. The number of carboxylic acids is 1. The molecule has 1 aliphatic heterocycles. The topological polar surface area (TPSA) is 61.6 Å². The molecule has 6 nitrogen and oxygen atoms in total. The van der Waals surface area contributed by atoms with Gasteiger partial charge in [0.15, 0.2) is 6.04 Å². The highest BCUT2D eigenvalue weighted by Gasteiger charge is 2.31. The summed E-state index contributed by atoms with van der Waals surface area (Å²) in [6.45, 7) is 3.36. The summed E-state index contributed by atoms with van der Waals surface area (Å²) in [5, 5.41) is 9.39. The molecule has 0 saturated carbocycles. The number of piperazine rings is 1. The average Bonchev–Trinajstić information content (AvgIpc) is 2.68. The second kappa shape index (κ2) is 4.85. The number of hydrogen-bond donors (Lipinski definition) is 1. The van der Waals surface area contributed by atoms with Gasteiger partial charge in [0.2, 0.25) is 0 Å². The zero-order chi connectivity index (χ0) is 12.4. The number of imidazole rings is 1. The maximum atomic E-state index is 11.4. The number of carbonyl (C=O) groups is 1. The fraction of sp³-hybridized carbons (Fsp3) is 0.636. The van der Waals surface area contributed by atoms with Crippen LogP contribution >= 0.6 is 0 Å². The molecule has 1 saturated heterocycles. The summed E-state index contributed by atoms with van der Waals surface area (Å²) in [5.74, 6) is -0.807. The van der Waals surface area contributed by atoms with Crippen molar-refractivity contribution in [1.82, 2.24) is 19.4 Å². The first-order valence-electron chi connectivity index (χ1n) is 5.71. The van der Waals surface area contributed by atoms with Crippen LogP contribution in [0.1, 0.15) is 11.7 Å². The molecule has 1 aromatic rings. The molecule has 0 radical (unpaired) electrons. The summed E-state index contributed by atoms with van der Waals surface area (Å²) in [7, 11) is 3.88. The molecule has 1 fully saturated rings. The van der Waals surface area contributed by atoms with Crippen molar-refractivity contribution < 1.29 is 9.90 Å². The molecule has 6 heteroatoms. The molecule has 0 aromatic carbocycles. The van der Waals surface area contributed by atoms with Crippen LogP contribution in [0.4, 0.5) is 0 Å². The number of aliphatic carboxylic acids is 1. The Balaban J connectivity index is 2.19. The van der Waals surface area contributed by atoms with Gasteiger partial charge in [-0.2, -0.15) is 0 Å². The molecule has 17 heavy (non-hydrogen) atoms. The van der Waals surface area contributed by atoms with Crippen LogP contribution in [-0.4, -0.2) is 63.7 Å². The van der Waals surface area contributed by atoms with Crippen LogP contribution in [0.2, 0.25) is 0 Å². The Morgan fingerprint density at radius 2 is 2.00 bits per heavy atom. The van der Waals surface area contributed by atoms with E-state index in [9.17, 15) is 9.90 Å². The second-order valence-corrected chi connectivity index (χ2v) is 4.51. The van der Waals surface area contributed by atoms with Gasteiger partial charge in [0.1, 0.15) is 0 Å². The lowest BCUT2D eigenvalue weighted by Crippen LogP contribution is -2.48. The van der Waals surface area contributed by atoms with Crippen LogP contribution in [0, 0.1) is 0 Å². The minimum atomic E-state index is -0.807. The third-order valence-electron chi connectivity index (χ3n) is 3.27. The monoisotopic (exact) mass is 238 g/mol. The van der Waals surface area contributed by atoms with Crippen molar-refractivity contribution in [1.29, 1.82) is 0 Å². The van der Waals surface area contributed by atoms with E-state index < -0.39 is 12.0 Å². The Labute approximate surface area is 100 Å². The molecule has 0 amide bonds. The van der Waals surface area contributed by atoms with Crippen molar-refractivity contribution in [3.63, 3.8) is 0 Å². The van der Waals surface area contributed by atoms with E-state index in [1.54, 1.807) is 17.1 Å². The van der Waals surface area contributed by atoms with Gasteiger partial charge in [-0.05, 0) is 7.05 Å². The third kappa shape index (κ3) is 2.48. The summed E-state index contributed by atoms with van der Waals surface area (Å²) in [5.41, 5.74) is 0.738. The fourth-order valence-corrected chi connectivity index (χ4v) is 2.18. The second-order valence-electron chi connectivity index (χ2n) is 4.51. The van der Waals surface area contributed by atoms with Crippen molar-refractivity contribution in [2.45, 2.75) is 6.04 Å². The molecular formula is C11H18N4O2. The maximum absolute atomic E-state index is 11.4. The number of likely N-dealkylation sites (N-methyl/N-ethyl adjacent to an activating group) is 1. The first-order chi connectivity index (χ1) is 8.09. The fourth-order valence-electron chi connectivity index (χ4n) is 2.18.